The van der Waals surface area contributed by atoms with E-state index in [0.29, 0.717) is 5.02 Å². The van der Waals surface area contributed by atoms with Crippen LogP contribution in [0.15, 0.2) is 42.5 Å². The summed E-state index contributed by atoms with van der Waals surface area (Å²) in [5.74, 6) is -2.25. The van der Waals surface area contributed by atoms with Crippen LogP contribution in [0.3, 0.4) is 0 Å². The minimum atomic E-state index is -4.48. The Labute approximate surface area is 179 Å². The first-order chi connectivity index (χ1) is 12.2. The van der Waals surface area contributed by atoms with Crippen molar-refractivity contribution >= 4 is 36.8 Å². The molecule has 0 aromatic heterocycles. The van der Waals surface area contributed by atoms with E-state index in [1.54, 1.807) is 30.3 Å². The van der Waals surface area contributed by atoms with Gasteiger partial charge in [-0.1, -0.05) is 53.0 Å². The van der Waals surface area contributed by atoms with Crippen molar-refractivity contribution in [2.75, 3.05) is 13.7 Å². The van der Waals surface area contributed by atoms with Crippen LogP contribution < -0.4 is 28.5 Å². The third-order valence-corrected chi connectivity index (χ3v) is 5.40. The van der Waals surface area contributed by atoms with Gasteiger partial charge in [0.25, 0.3) is 0 Å². The third-order valence-electron chi connectivity index (χ3n) is 3.39. The molecule has 0 amide bonds. The van der Waals surface area contributed by atoms with Gasteiger partial charge < -0.3 is 23.5 Å². The summed E-state index contributed by atoms with van der Waals surface area (Å²) in [6.45, 7) is 1.31. The zero-order valence-electron chi connectivity index (χ0n) is 15.0. The fraction of sp³-hybridized carbons (Fsp3) is 0.235. The summed E-state index contributed by atoms with van der Waals surface area (Å²) in [4.78, 5) is 24.2. The van der Waals surface area contributed by atoms with Gasteiger partial charge in [-0.05, 0) is 25.1 Å². The average Bonchev–Trinajstić information content (AvgIpc) is 2.59. The zero-order valence-corrected chi connectivity index (χ0v) is 17.4. The van der Waals surface area contributed by atoms with Gasteiger partial charge in [0, 0.05) is 17.7 Å². The minimum absolute atomic E-state index is 0. The van der Waals surface area contributed by atoms with Crippen LogP contribution in [0.4, 0.5) is 0 Å². The van der Waals surface area contributed by atoms with Crippen LogP contribution in [-0.2, 0) is 18.6 Å². The molecule has 0 spiro atoms. The number of hydrogen-bond donors (Lipinski definition) is 0. The van der Waals surface area contributed by atoms with Gasteiger partial charge in [0.2, 0.25) is 0 Å². The molecule has 0 saturated carbocycles. The molecule has 0 saturated heterocycles. The molecular weight excluding hydrogens is 409 g/mol. The molecule has 0 aliphatic rings. The van der Waals surface area contributed by atoms with E-state index < -0.39 is 26.0 Å². The molecule has 0 N–H and O–H groups in total. The van der Waals surface area contributed by atoms with Crippen LogP contribution in [0.5, 0.6) is 5.75 Å². The number of benzene rings is 2. The molecule has 2 atom stereocenters. The van der Waals surface area contributed by atoms with E-state index in [4.69, 9.17) is 32.7 Å². The van der Waals surface area contributed by atoms with E-state index in [2.05, 4.69) is 4.52 Å². The van der Waals surface area contributed by atoms with E-state index in [1.807, 2.05) is 6.92 Å². The van der Waals surface area contributed by atoms with Crippen molar-refractivity contribution in [2.24, 2.45) is 0 Å². The van der Waals surface area contributed by atoms with Crippen molar-refractivity contribution in [3.63, 3.8) is 0 Å². The van der Waals surface area contributed by atoms with E-state index in [0.717, 1.165) is 12.7 Å². The van der Waals surface area contributed by atoms with Crippen LogP contribution in [0, 0.1) is 6.92 Å². The second-order valence-electron chi connectivity index (χ2n) is 5.34. The molecule has 2 aromatic rings. The summed E-state index contributed by atoms with van der Waals surface area (Å²) in [7, 11) is -3.47. The second kappa shape index (κ2) is 10.5. The van der Waals surface area contributed by atoms with Crippen LogP contribution in [0.25, 0.3) is 0 Å². The number of carbonyl (C=O) groups excluding carboxylic acids is 1. The Balaban J connectivity index is 0.00000364. The number of aryl methyl sites for hydroxylation is 1. The predicted octanol–water partition coefficient (Wildman–Crippen LogP) is 1.13. The summed E-state index contributed by atoms with van der Waals surface area (Å²) in [6.07, 6.45) is 0. The van der Waals surface area contributed by atoms with Gasteiger partial charge in [0.05, 0.1) is 5.02 Å². The van der Waals surface area contributed by atoms with Gasteiger partial charge >= 0.3 is 24.8 Å². The summed E-state index contributed by atoms with van der Waals surface area (Å²) >= 11 is 11.7. The van der Waals surface area contributed by atoms with Crippen molar-refractivity contribution in [3.8, 4) is 5.75 Å². The Morgan fingerprint density at radius 3 is 2.37 bits per heavy atom. The number of carbonyl (C=O) groups is 1. The summed E-state index contributed by atoms with van der Waals surface area (Å²) < 4.78 is 27.0. The molecule has 10 heteroatoms. The van der Waals surface area contributed by atoms with Crippen molar-refractivity contribution in [1.29, 1.82) is 0 Å². The molecule has 0 bridgehead atoms. The third kappa shape index (κ3) is 6.85. The van der Waals surface area contributed by atoms with Gasteiger partial charge in [-0.15, -0.1) is 0 Å². The van der Waals surface area contributed by atoms with E-state index in [-0.39, 0.29) is 35.2 Å². The van der Waals surface area contributed by atoms with Crippen LogP contribution in [-0.4, -0.2) is 19.7 Å². The first-order valence-corrected chi connectivity index (χ1v) is 9.80. The molecule has 0 aliphatic heterocycles. The first-order valence-electron chi connectivity index (χ1n) is 7.43. The maximum absolute atomic E-state index is 12.1. The average molecular weight is 425 g/mol. The molecule has 0 radical (unpaired) electrons. The monoisotopic (exact) mass is 424 g/mol. The van der Waals surface area contributed by atoms with E-state index in [9.17, 15) is 14.3 Å². The van der Waals surface area contributed by atoms with Crippen molar-refractivity contribution in [2.45, 2.75) is 12.8 Å². The van der Waals surface area contributed by atoms with Crippen molar-refractivity contribution < 1.29 is 47.1 Å². The van der Waals surface area contributed by atoms with Crippen LogP contribution in [0.2, 0.25) is 10.0 Å². The van der Waals surface area contributed by atoms with Gasteiger partial charge in [0.1, 0.15) is 5.75 Å². The molecule has 27 heavy (non-hydrogen) atoms. The van der Waals surface area contributed by atoms with Gasteiger partial charge in [-0.2, -0.15) is 0 Å². The summed E-state index contributed by atoms with van der Waals surface area (Å²) in [6, 6.07) is 11.0. The number of halogens is 2. The summed E-state index contributed by atoms with van der Waals surface area (Å²) in [5.41, 5.74) is 1.20. The predicted molar refractivity (Wildman–Crippen MR) is 96.6 cm³/mol. The quantitative estimate of drug-likeness (QED) is 0.376. The Kier molecular flexibility index (Phi) is 9.40. The fourth-order valence-electron chi connectivity index (χ4n) is 2.03. The molecule has 0 aliphatic carbocycles. The molecule has 2 aromatic carbocycles. The molecule has 0 heterocycles. The fourth-order valence-corrected chi connectivity index (χ4v) is 3.47. The number of hydrogen-bond acceptors (Lipinski definition) is 6. The first kappa shape index (κ1) is 24.1. The standard InChI is InChI=1S/C17H17Cl2O6P.Li/c1-11-3-5-12(6-4-11)17(26(21,22)23-2)25-16(20)10-24-15-8-7-13(18)9-14(15)19;/h3-9,17H,10H2,1-2H3,(H,21,22);/q;+1/p-1. The van der Waals surface area contributed by atoms with Crippen molar-refractivity contribution in [3.05, 3.63) is 63.6 Å². The molecule has 2 unspecified atom stereocenters. The zero-order chi connectivity index (χ0) is 19.3. The topological polar surface area (TPSA) is 84.9 Å². The molecule has 140 valence electrons. The van der Waals surface area contributed by atoms with E-state index >= 15 is 0 Å². The van der Waals surface area contributed by atoms with Crippen LogP contribution >= 0.6 is 30.8 Å². The Hall–Kier alpha value is -0.963. The molecule has 6 nitrogen and oxygen atoms in total. The van der Waals surface area contributed by atoms with Gasteiger partial charge in [-0.25, -0.2) is 4.79 Å². The van der Waals surface area contributed by atoms with Crippen molar-refractivity contribution in [1.82, 2.24) is 0 Å². The second-order valence-corrected chi connectivity index (χ2v) is 8.10. The molecule has 2 rings (SSSR count). The maximum Gasteiger partial charge on any atom is 1.00 e. The van der Waals surface area contributed by atoms with Crippen LogP contribution in [0.1, 0.15) is 17.0 Å². The maximum atomic E-state index is 12.1. The molecular formula is C17H16Cl2LiO6P. The Bertz CT molecular complexity index is 831. The molecule has 0 fully saturated rings. The number of esters is 1. The Morgan fingerprint density at radius 2 is 1.81 bits per heavy atom. The smallest absolute Gasteiger partial charge is 0.776 e. The summed E-state index contributed by atoms with van der Waals surface area (Å²) in [5, 5.41) is 0.628. The normalized spacial score (nSPS) is 13.8. The van der Waals surface area contributed by atoms with Gasteiger partial charge in [0.15, 0.2) is 20.0 Å². The number of ether oxygens (including phenoxy) is 2. The largest absolute Gasteiger partial charge is 1.00 e. The minimum Gasteiger partial charge on any atom is -0.776 e. The Morgan fingerprint density at radius 1 is 1.19 bits per heavy atom. The van der Waals surface area contributed by atoms with E-state index in [1.165, 1.54) is 12.1 Å². The number of rotatable bonds is 7. The SMILES string of the molecule is COP(=O)([O-])C(OC(=O)COc1ccc(Cl)cc1Cl)c1ccc(C)cc1.[Li+]. The van der Waals surface area contributed by atoms with Gasteiger partial charge in [-0.3, -0.25) is 0 Å².